The number of halogens is 1. The van der Waals surface area contributed by atoms with Crippen LogP contribution in [0.15, 0.2) is 53.5 Å². The zero-order valence-electron chi connectivity index (χ0n) is 18.6. The first-order valence-corrected chi connectivity index (χ1v) is 11.0. The maximum absolute atomic E-state index is 4.81. The molecule has 166 valence electrons. The molecule has 0 aliphatic carbocycles. The average Bonchev–Trinajstić information content (AvgIpc) is 3.41. The summed E-state index contributed by atoms with van der Waals surface area (Å²) >= 11 is 0. The van der Waals surface area contributed by atoms with E-state index >= 15 is 0 Å². The summed E-state index contributed by atoms with van der Waals surface area (Å²) in [5.41, 5.74) is 4.73. The van der Waals surface area contributed by atoms with E-state index in [0.717, 1.165) is 42.5 Å². The largest absolute Gasteiger partial charge is 0.372 e. The molecule has 4 rings (SSSR count). The number of anilines is 1. The van der Waals surface area contributed by atoms with Crippen LogP contribution in [0, 0.1) is 0 Å². The molecule has 1 unspecified atom stereocenters. The van der Waals surface area contributed by atoms with Crippen LogP contribution >= 0.6 is 24.0 Å². The number of nitrogens with one attached hydrogen (secondary N) is 2. The van der Waals surface area contributed by atoms with Gasteiger partial charge in [-0.05, 0) is 56.5 Å². The van der Waals surface area contributed by atoms with Crippen LogP contribution in [-0.2, 0) is 13.6 Å². The van der Waals surface area contributed by atoms with Crippen LogP contribution in [0.2, 0.25) is 0 Å². The monoisotopic (exact) mass is 532 g/mol. The molecule has 6 nitrogen and oxygen atoms in total. The second-order valence-corrected chi connectivity index (χ2v) is 7.93. The van der Waals surface area contributed by atoms with E-state index in [1.807, 2.05) is 25.2 Å². The number of imidazole rings is 1. The van der Waals surface area contributed by atoms with Crippen LogP contribution in [-0.4, -0.2) is 35.1 Å². The number of hydrogen-bond acceptors (Lipinski definition) is 3. The van der Waals surface area contributed by atoms with E-state index in [1.165, 1.54) is 24.1 Å². The number of guanidine groups is 1. The SMILES string of the molecule is CCNC(=NCc1nc2ccccc2n1C)NC(C)c1cccc(N2CCCC2)c1.I. The van der Waals surface area contributed by atoms with Gasteiger partial charge in [0, 0.05) is 32.4 Å². The van der Waals surface area contributed by atoms with Crippen LogP contribution in [0.3, 0.4) is 0 Å². The van der Waals surface area contributed by atoms with E-state index in [4.69, 9.17) is 9.98 Å². The molecule has 1 aliphatic rings. The van der Waals surface area contributed by atoms with Crippen molar-refractivity contribution in [2.45, 2.75) is 39.3 Å². The molecular formula is C24H33IN6. The number of nitrogens with zero attached hydrogens (tertiary/aromatic N) is 4. The number of aryl methyl sites for hydroxylation is 1. The Morgan fingerprint density at radius 2 is 1.90 bits per heavy atom. The number of hydrogen-bond donors (Lipinski definition) is 2. The minimum absolute atomic E-state index is 0. The normalized spacial score (nSPS) is 15.1. The summed E-state index contributed by atoms with van der Waals surface area (Å²) in [6, 6.07) is 17.2. The molecule has 2 aromatic carbocycles. The number of aliphatic imine (C=N–C) groups is 1. The van der Waals surface area contributed by atoms with Crippen LogP contribution in [0.1, 0.15) is 44.1 Å². The first-order valence-electron chi connectivity index (χ1n) is 11.0. The maximum Gasteiger partial charge on any atom is 0.192 e. The first-order chi connectivity index (χ1) is 14.7. The van der Waals surface area contributed by atoms with Crippen LogP contribution in [0.25, 0.3) is 11.0 Å². The molecule has 2 heterocycles. The van der Waals surface area contributed by atoms with Gasteiger partial charge in [-0.25, -0.2) is 9.98 Å². The highest BCUT2D eigenvalue weighted by molar-refractivity contribution is 14.0. The molecule has 3 aromatic rings. The fourth-order valence-corrected chi connectivity index (χ4v) is 4.06. The van der Waals surface area contributed by atoms with Crippen molar-refractivity contribution in [1.29, 1.82) is 0 Å². The Morgan fingerprint density at radius 3 is 2.65 bits per heavy atom. The predicted molar refractivity (Wildman–Crippen MR) is 140 cm³/mol. The van der Waals surface area contributed by atoms with Crippen molar-refractivity contribution in [2.24, 2.45) is 12.0 Å². The Labute approximate surface area is 202 Å². The fourth-order valence-electron chi connectivity index (χ4n) is 4.06. The van der Waals surface area contributed by atoms with Crippen molar-refractivity contribution in [3.8, 4) is 0 Å². The number of rotatable bonds is 6. The molecule has 0 radical (unpaired) electrons. The quantitative estimate of drug-likeness (QED) is 0.277. The third kappa shape index (κ3) is 5.50. The Balaban J connectivity index is 0.00000272. The molecule has 0 amide bonds. The summed E-state index contributed by atoms with van der Waals surface area (Å²) < 4.78 is 2.12. The smallest absolute Gasteiger partial charge is 0.192 e. The minimum Gasteiger partial charge on any atom is -0.372 e. The molecule has 0 bridgehead atoms. The summed E-state index contributed by atoms with van der Waals surface area (Å²) in [6.45, 7) is 7.94. The van der Waals surface area contributed by atoms with Crippen molar-refractivity contribution in [2.75, 3.05) is 24.5 Å². The van der Waals surface area contributed by atoms with E-state index < -0.39 is 0 Å². The summed E-state index contributed by atoms with van der Waals surface area (Å²) in [5.74, 6) is 1.76. The summed E-state index contributed by atoms with van der Waals surface area (Å²) in [6.07, 6.45) is 2.58. The topological polar surface area (TPSA) is 57.5 Å². The van der Waals surface area contributed by atoms with Crippen molar-refractivity contribution in [3.63, 3.8) is 0 Å². The molecule has 2 N–H and O–H groups in total. The first kappa shape index (κ1) is 23.4. The highest BCUT2D eigenvalue weighted by Gasteiger charge is 2.15. The number of aromatic nitrogens is 2. The van der Waals surface area contributed by atoms with Gasteiger partial charge in [0.15, 0.2) is 5.96 Å². The molecular weight excluding hydrogens is 499 g/mol. The Hall–Kier alpha value is -2.29. The number of benzene rings is 2. The van der Waals surface area contributed by atoms with Gasteiger partial charge in [0.1, 0.15) is 12.4 Å². The van der Waals surface area contributed by atoms with Gasteiger partial charge in [-0.3, -0.25) is 0 Å². The van der Waals surface area contributed by atoms with Gasteiger partial charge < -0.3 is 20.1 Å². The van der Waals surface area contributed by atoms with E-state index in [9.17, 15) is 0 Å². The average molecular weight is 532 g/mol. The molecule has 1 saturated heterocycles. The number of fused-ring (bicyclic) bond motifs is 1. The zero-order chi connectivity index (χ0) is 20.9. The lowest BCUT2D eigenvalue weighted by molar-refractivity contribution is 0.682. The second-order valence-electron chi connectivity index (χ2n) is 7.93. The van der Waals surface area contributed by atoms with E-state index in [2.05, 4.69) is 64.3 Å². The maximum atomic E-state index is 4.81. The molecule has 31 heavy (non-hydrogen) atoms. The van der Waals surface area contributed by atoms with Crippen molar-refractivity contribution < 1.29 is 0 Å². The third-order valence-electron chi connectivity index (χ3n) is 5.80. The Bertz CT molecular complexity index is 1020. The van der Waals surface area contributed by atoms with E-state index in [1.54, 1.807) is 0 Å². The lowest BCUT2D eigenvalue weighted by atomic mass is 10.1. The predicted octanol–water partition coefficient (Wildman–Crippen LogP) is 4.61. The molecule has 1 atom stereocenters. The highest BCUT2D eigenvalue weighted by Crippen LogP contribution is 2.24. The van der Waals surface area contributed by atoms with Crippen LogP contribution in [0.4, 0.5) is 5.69 Å². The van der Waals surface area contributed by atoms with Crippen molar-refractivity contribution >= 4 is 46.7 Å². The molecule has 0 saturated carbocycles. The minimum atomic E-state index is 0. The van der Waals surface area contributed by atoms with Crippen LogP contribution < -0.4 is 15.5 Å². The molecule has 1 aromatic heterocycles. The third-order valence-corrected chi connectivity index (χ3v) is 5.80. The fraction of sp³-hybridized carbons (Fsp3) is 0.417. The molecule has 7 heteroatoms. The number of para-hydroxylation sites is 2. The second kappa shape index (κ2) is 10.8. The van der Waals surface area contributed by atoms with Gasteiger partial charge in [0.25, 0.3) is 0 Å². The van der Waals surface area contributed by atoms with E-state index in [0.29, 0.717) is 6.54 Å². The van der Waals surface area contributed by atoms with Gasteiger partial charge in [0.05, 0.1) is 17.1 Å². The van der Waals surface area contributed by atoms with Crippen molar-refractivity contribution in [1.82, 2.24) is 20.2 Å². The van der Waals surface area contributed by atoms with E-state index in [-0.39, 0.29) is 30.0 Å². The highest BCUT2D eigenvalue weighted by atomic mass is 127. The van der Waals surface area contributed by atoms with Gasteiger partial charge in [-0.1, -0.05) is 24.3 Å². The Morgan fingerprint density at radius 1 is 1.13 bits per heavy atom. The van der Waals surface area contributed by atoms with Gasteiger partial charge in [-0.2, -0.15) is 0 Å². The molecule has 0 spiro atoms. The van der Waals surface area contributed by atoms with Crippen LogP contribution in [0.5, 0.6) is 0 Å². The zero-order valence-corrected chi connectivity index (χ0v) is 21.0. The lowest BCUT2D eigenvalue weighted by Crippen LogP contribution is -2.38. The standard InChI is InChI=1S/C24H32N6.HI/c1-4-25-24(26-17-23-28-21-12-5-6-13-22(21)29(23)3)27-18(2)19-10-9-11-20(16-19)30-14-7-8-15-30;/h5-6,9-13,16,18H,4,7-8,14-15,17H2,1-3H3,(H2,25,26,27);1H. The molecule has 1 aliphatic heterocycles. The Kier molecular flexibility index (Phi) is 8.17. The van der Waals surface area contributed by atoms with Gasteiger partial charge >= 0.3 is 0 Å². The summed E-state index contributed by atoms with van der Waals surface area (Å²) in [7, 11) is 2.05. The summed E-state index contributed by atoms with van der Waals surface area (Å²) in [5, 5.41) is 6.93. The lowest BCUT2D eigenvalue weighted by Gasteiger charge is -2.22. The van der Waals surface area contributed by atoms with Gasteiger partial charge in [0.2, 0.25) is 0 Å². The summed E-state index contributed by atoms with van der Waals surface area (Å²) in [4.78, 5) is 12.0. The van der Waals surface area contributed by atoms with Crippen molar-refractivity contribution in [3.05, 3.63) is 59.9 Å². The molecule has 1 fully saturated rings. The van der Waals surface area contributed by atoms with Gasteiger partial charge in [-0.15, -0.1) is 24.0 Å².